The van der Waals surface area contributed by atoms with Gasteiger partial charge in [-0.3, -0.25) is 0 Å². The predicted molar refractivity (Wildman–Crippen MR) is 566 cm³/mol. The van der Waals surface area contributed by atoms with Crippen LogP contribution in [0.15, 0.2) is 534 Å². The number of benzene rings is 24. The minimum absolute atomic E-state index is 0.676. The van der Waals surface area contributed by atoms with E-state index in [4.69, 9.17) is 0 Å². The first-order chi connectivity index (χ1) is 66.5. The quantitative estimate of drug-likeness (QED) is 0.0956. The Morgan fingerprint density at radius 2 is 0.343 bits per heavy atom. The summed E-state index contributed by atoms with van der Waals surface area (Å²) < 4.78 is 0. The van der Waals surface area contributed by atoms with Crippen LogP contribution >= 0.6 is 0 Å². The van der Waals surface area contributed by atoms with Crippen LogP contribution in [0.1, 0.15) is 44.5 Å². The van der Waals surface area contributed by atoms with Crippen molar-refractivity contribution in [3.05, 3.63) is 578 Å². The zero-order valence-electron chi connectivity index (χ0n) is 73.6. The Labute approximate surface area is 780 Å². The number of anilines is 12. The van der Waals surface area contributed by atoms with Crippen molar-refractivity contribution in [2.24, 2.45) is 0 Å². The van der Waals surface area contributed by atoms with Gasteiger partial charge in [0.05, 0.1) is 56.3 Å². The first-order valence-electron chi connectivity index (χ1n) is 46.4. The smallest absolute Gasteiger partial charge is 0.0715 e. The molecule has 134 heavy (non-hydrogen) atoms. The van der Waals surface area contributed by atoms with Crippen molar-refractivity contribution in [1.29, 1.82) is 0 Å². The van der Waals surface area contributed by atoms with E-state index in [1.807, 2.05) is 0 Å². The summed E-state index contributed by atoms with van der Waals surface area (Å²) in [5, 5.41) is 19.2. The monoisotopic (exact) mass is 1700 g/mol. The highest BCUT2D eigenvalue weighted by molar-refractivity contribution is 6.17. The van der Waals surface area contributed by atoms with Crippen molar-refractivity contribution in [3.8, 4) is 22.3 Å². The van der Waals surface area contributed by atoms with Gasteiger partial charge >= 0.3 is 0 Å². The zero-order chi connectivity index (χ0) is 88.6. The fourth-order valence-corrected chi connectivity index (χ4v) is 22.5. The summed E-state index contributed by atoms with van der Waals surface area (Å²) in [6, 6.07) is 197. The van der Waals surface area contributed by atoms with E-state index in [0.717, 1.165) is 68.2 Å². The third kappa shape index (κ3) is 12.7. The van der Waals surface area contributed by atoms with Crippen LogP contribution in [0.25, 0.3) is 108 Å². The number of hydrogen-bond acceptors (Lipinski definition) is 4. The molecule has 0 saturated carbocycles. The number of fused-ring (bicyclic) bond motifs is 16. The van der Waals surface area contributed by atoms with Crippen LogP contribution in [0.2, 0.25) is 0 Å². The highest BCUT2D eigenvalue weighted by Crippen LogP contribution is 2.64. The Kier molecular flexibility index (Phi) is 19.4. The second-order valence-electron chi connectivity index (χ2n) is 35.2. The second kappa shape index (κ2) is 32.9. The van der Waals surface area contributed by atoms with Gasteiger partial charge in [-0.15, -0.1) is 0 Å². The molecule has 0 heterocycles. The molecule has 0 unspecified atom stereocenters. The molecule has 26 rings (SSSR count). The summed E-state index contributed by atoms with van der Waals surface area (Å²) in [7, 11) is 0. The maximum atomic E-state index is 2.55. The molecule has 0 saturated heterocycles. The lowest BCUT2D eigenvalue weighted by Crippen LogP contribution is -2.29. The van der Waals surface area contributed by atoms with Gasteiger partial charge in [-0.1, -0.05) is 437 Å². The molecule has 628 valence electrons. The van der Waals surface area contributed by atoms with Gasteiger partial charge in [0.2, 0.25) is 0 Å². The highest BCUT2D eigenvalue weighted by atomic mass is 15.2. The van der Waals surface area contributed by atoms with E-state index in [9.17, 15) is 0 Å². The van der Waals surface area contributed by atoms with E-state index in [1.165, 1.54) is 153 Å². The SMILES string of the molecule is c1ccc(C2(c3ccccc3)c3cc(N(c4cccc5ccccc45)c4cccc5ccccc45)ccc3-c3c2cc(N(c2cccc4ccccc24)c2cccc4ccccc24)c2ccccc32)cc1.c1ccc(N(c2ccc3c(c2)C(c2ccccc2)(c2ccccc2)c2cc(N(c4ccccc4)c4cccc5ccccc45)c4ccccc4c2-3)c2cccc3ccccc23)cc1. The van der Waals surface area contributed by atoms with Crippen molar-refractivity contribution in [3.63, 3.8) is 0 Å². The molecule has 4 nitrogen and oxygen atoms in total. The molecule has 0 N–H and O–H groups in total. The zero-order valence-corrected chi connectivity index (χ0v) is 73.6. The Bertz CT molecular complexity index is 8390. The Morgan fingerprint density at radius 1 is 0.127 bits per heavy atom. The minimum Gasteiger partial charge on any atom is -0.310 e. The van der Waals surface area contributed by atoms with E-state index in [2.05, 4.69) is 553 Å². The lowest BCUT2D eigenvalue weighted by atomic mass is 9.67. The number of para-hydroxylation sites is 2. The van der Waals surface area contributed by atoms with Gasteiger partial charge in [0.1, 0.15) is 0 Å². The first kappa shape index (κ1) is 78.8. The molecule has 0 bridgehead atoms. The molecule has 0 amide bonds. The summed E-state index contributed by atoms with van der Waals surface area (Å²) in [4.78, 5) is 9.97. The van der Waals surface area contributed by atoms with Gasteiger partial charge in [-0.25, -0.2) is 0 Å². The van der Waals surface area contributed by atoms with Crippen LogP contribution in [0.3, 0.4) is 0 Å². The molecule has 0 atom stereocenters. The van der Waals surface area contributed by atoms with Crippen molar-refractivity contribution in [2.45, 2.75) is 10.8 Å². The lowest BCUT2D eigenvalue weighted by molar-refractivity contribution is 0.769. The molecule has 0 aliphatic heterocycles. The summed E-state index contributed by atoms with van der Waals surface area (Å²) >= 11 is 0. The van der Waals surface area contributed by atoms with E-state index >= 15 is 0 Å². The van der Waals surface area contributed by atoms with Crippen molar-refractivity contribution in [1.82, 2.24) is 0 Å². The Hall–Kier alpha value is -17.4. The van der Waals surface area contributed by atoms with Crippen molar-refractivity contribution < 1.29 is 0 Å². The van der Waals surface area contributed by atoms with Gasteiger partial charge in [0, 0.05) is 65.8 Å². The molecule has 0 aromatic heterocycles. The molecular formula is C130H88N4. The van der Waals surface area contributed by atoms with Crippen LogP contribution in [0.5, 0.6) is 0 Å². The van der Waals surface area contributed by atoms with Crippen molar-refractivity contribution in [2.75, 3.05) is 19.6 Å². The largest absolute Gasteiger partial charge is 0.310 e. The molecule has 4 heteroatoms. The highest BCUT2D eigenvalue weighted by Gasteiger charge is 2.50. The van der Waals surface area contributed by atoms with Crippen LogP contribution in [0, 0.1) is 0 Å². The predicted octanol–water partition coefficient (Wildman–Crippen LogP) is 35.2. The normalized spacial score (nSPS) is 12.6. The molecule has 2 aliphatic rings. The van der Waals surface area contributed by atoms with Crippen LogP contribution < -0.4 is 19.6 Å². The number of rotatable bonds is 16. The molecule has 2 aliphatic carbocycles. The van der Waals surface area contributed by atoms with Gasteiger partial charge in [0.15, 0.2) is 0 Å². The van der Waals surface area contributed by atoms with Crippen LogP contribution in [0.4, 0.5) is 68.2 Å². The number of hydrogen-bond donors (Lipinski definition) is 0. The molecule has 0 radical (unpaired) electrons. The van der Waals surface area contributed by atoms with Crippen LogP contribution in [-0.4, -0.2) is 0 Å². The van der Waals surface area contributed by atoms with E-state index < -0.39 is 10.8 Å². The summed E-state index contributed by atoms with van der Waals surface area (Å²) in [5.74, 6) is 0. The third-order valence-electron chi connectivity index (χ3n) is 28.1. The maximum Gasteiger partial charge on any atom is 0.0715 e. The van der Waals surface area contributed by atoms with E-state index in [1.54, 1.807) is 0 Å². The maximum absolute atomic E-state index is 2.55. The first-order valence-corrected chi connectivity index (χ1v) is 46.4. The molecule has 24 aromatic rings. The summed E-state index contributed by atoms with van der Waals surface area (Å²) in [6.45, 7) is 0. The molecular weight excluding hydrogens is 1620 g/mol. The average molecular weight is 1710 g/mol. The fraction of sp³-hybridized carbons (Fsp3) is 0.0154. The average Bonchev–Trinajstić information content (AvgIpc) is 1.52. The standard InChI is InChI=1S/C69H46N2.C61H42N2/c1-3-29-51(30-4-1)69(52-31-5-2-6-32-52)61-45-53(70(63-39-17-25-47-21-7-11-33-54(47)63)64-40-18-26-48-22-8-12-34-55(48)64)43-44-60(61)68-59-38-16-15-37-58(59)67(46-62(68)69)71(65-41-19-27-49-23-9-13-35-56(49)65)66-42-20-28-50-24-10-14-36-57(50)66;1-5-25-45(26-6-1)61(46-27-7-2-8-28-46)55-41-49(62(47-29-9-3-10-30-47)57-37-19-23-43-21-13-15-33-50(43)57)39-40-54(55)60-53-36-18-17-35-52(53)59(42-56(60)61)63(48-31-11-4-12-32-48)58-38-20-24-44-22-14-16-34-51(44)58/h1-46H;1-42H. The fourth-order valence-electron chi connectivity index (χ4n) is 22.5. The Balaban J connectivity index is 0.000000144. The minimum atomic E-state index is -0.728. The molecule has 24 aromatic carbocycles. The van der Waals surface area contributed by atoms with Gasteiger partial charge in [-0.05, 0) is 207 Å². The van der Waals surface area contributed by atoms with Gasteiger partial charge < -0.3 is 19.6 Å². The molecule has 0 fully saturated rings. The van der Waals surface area contributed by atoms with E-state index in [0.29, 0.717) is 0 Å². The number of nitrogens with zero attached hydrogens (tertiary/aromatic N) is 4. The lowest BCUT2D eigenvalue weighted by Gasteiger charge is -2.36. The topological polar surface area (TPSA) is 13.0 Å². The summed E-state index contributed by atoms with van der Waals surface area (Å²) in [5.41, 5.74) is 27.0. The van der Waals surface area contributed by atoms with Gasteiger partial charge in [0.25, 0.3) is 0 Å². The van der Waals surface area contributed by atoms with Crippen LogP contribution in [-0.2, 0) is 10.8 Å². The third-order valence-corrected chi connectivity index (χ3v) is 28.1. The molecule has 0 spiro atoms. The van der Waals surface area contributed by atoms with Gasteiger partial charge in [-0.2, -0.15) is 0 Å². The summed E-state index contributed by atoms with van der Waals surface area (Å²) in [6.07, 6.45) is 0. The Morgan fingerprint density at radius 3 is 0.649 bits per heavy atom. The van der Waals surface area contributed by atoms with E-state index in [-0.39, 0.29) is 0 Å². The van der Waals surface area contributed by atoms with Crippen molar-refractivity contribution >= 4 is 154 Å². The second-order valence-corrected chi connectivity index (χ2v) is 35.2.